The van der Waals surface area contributed by atoms with E-state index in [1.807, 2.05) is 69.3 Å². The van der Waals surface area contributed by atoms with E-state index in [1.165, 1.54) is 11.8 Å². The SMILES string of the molecule is CCOc1ccc(N=C2S[C@@H](CC(=O)Nc3c(C)cccc3C)C(=O)N2Cc2ccco2)cc1. The first-order chi connectivity index (χ1) is 16.4. The minimum atomic E-state index is -0.569. The van der Waals surface area contributed by atoms with Gasteiger partial charge in [-0.2, -0.15) is 0 Å². The van der Waals surface area contributed by atoms with Crippen molar-refractivity contribution in [3.63, 3.8) is 0 Å². The van der Waals surface area contributed by atoms with Gasteiger partial charge >= 0.3 is 0 Å². The molecule has 176 valence electrons. The Hall–Kier alpha value is -3.52. The van der Waals surface area contributed by atoms with Crippen LogP contribution in [0.25, 0.3) is 0 Å². The van der Waals surface area contributed by atoms with Crippen LogP contribution in [0.1, 0.15) is 30.2 Å². The topological polar surface area (TPSA) is 84.1 Å². The number of hydrogen-bond acceptors (Lipinski definition) is 6. The van der Waals surface area contributed by atoms with Gasteiger partial charge in [0.1, 0.15) is 16.8 Å². The first kappa shape index (κ1) is 23.6. The molecule has 1 fully saturated rings. The van der Waals surface area contributed by atoms with Crippen LogP contribution in [0.4, 0.5) is 11.4 Å². The van der Waals surface area contributed by atoms with E-state index in [0.29, 0.717) is 23.2 Å². The standard InChI is InChI=1S/C26H27N3O4S/c1-4-32-20-12-10-19(11-13-20)27-26-29(16-21-9-6-14-33-21)25(31)22(34-26)15-23(30)28-24-17(2)7-5-8-18(24)3/h5-14,22H,4,15-16H2,1-3H3,(H,28,30)/t22-/m0/s1. The average Bonchev–Trinajstić information content (AvgIpc) is 3.42. The highest BCUT2D eigenvalue weighted by atomic mass is 32.2. The normalized spacial score (nSPS) is 16.8. The van der Waals surface area contributed by atoms with Crippen molar-refractivity contribution in [2.45, 2.75) is 39.0 Å². The second kappa shape index (κ2) is 10.6. The lowest BCUT2D eigenvalue weighted by Gasteiger charge is -2.15. The van der Waals surface area contributed by atoms with Gasteiger partial charge in [-0.05, 0) is 68.3 Å². The Morgan fingerprint density at radius 3 is 2.50 bits per heavy atom. The van der Waals surface area contributed by atoms with Gasteiger partial charge in [0.2, 0.25) is 11.8 Å². The maximum absolute atomic E-state index is 13.3. The number of aryl methyl sites for hydroxylation is 2. The quantitative estimate of drug-likeness (QED) is 0.466. The first-order valence-electron chi connectivity index (χ1n) is 11.1. The van der Waals surface area contributed by atoms with Gasteiger partial charge in [-0.25, -0.2) is 4.99 Å². The van der Waals surface area contributed by atoms with E-state index in [0.717, 1.165) is 22.6 Å². The van der Waals surface area contributed by atoms with E-state index in [9.17, 15) is 9.59 Å². The van der Waals surface area contributed by atoms with Crippen molar-refractivity contribution in [2.24, 2.45) is 4.99 Å². The predicted octanol–water partition coefficient (Wildman–Crippen LogP) is 5.46. The molecule has 1 aliphatic rings. The minimum absolute atomic E-state index is 0.0498. The number of nitrogens with zero attached hydrogens (tertiary/aromatic N) is 2. The molecule has 1 saturated heterocycles. The fraction of sp³-hybridized carbons (Fsp3) is 0.269. The molecule has 34 heavy (non-hydrogen) atoms. The highest BCUT2D eigenvalue weighted by Gasteiger charge is 2.39. The number of rotatable bonds is 8. The van der Waals surface area contributed by atoms with Gasteiger partial charge in [-0.1, -0.05) is 30.0 Å². The zero-order valence-electron chi connectivity index (χ0n) is 19.4. The summed E-state index contributed by atoms with van der Waals surface area (Å²) in [6.07, 6.45) is 1.62. The highest BCUT2D eigenvalue weighted by molar-refractivity contribution is 8.15. The predicted molar refractivity (Wildman–Crippen MR) is 135 cm³/mol. The first-order valence-corrected chi connectivity index (χ1v) is 12.0. The number of furan rings is 1. The Labute approximate surface area is 203 Å². The van der Waals surface area contributed by atoms with E-state index >= 15 is 0 Å². The highest BCUT2D eigenvalue weighted by Crippen LogP contribution is 2.33. The van der Waals surface area contributed by atoms with Crippen molar-refractivity contribution >= 4 is 40.1 Å². The molecule has 0 unspecified atom stereocenters. The molecule has 8 heteroatoms. The molecule has 2 heterocycles. The molecule has 0 bridgehead atoms. The molecule has 0 spiro atoms. The van der Waals surface area contributed by atoms with Crippen LogP contribution in [0, 0.1) is 13.8 Å². The maximum Gasteiger partial charge on any atom is 0.243 e. The van der Waals surface area contributed by atoms with Crippen molar-refractivity contribution < 1.29 is 18.7 Å². The number of nitrogens with one attached hydrogen (secondary N) is 1. The second-order valence-electron chi connectivity index (χ2n) is 7.95. The van der Waals surface area contributed by atoms with Gasteiger partial charge in [0, 0.05) is 12.1 Å². The number of anilines is 1. The maximum atomic E-state index is 13.3. The van der Waals surface area contributed by atoms with Crippen LogP contribution >= 0.6 is 11.8 Å². The molecule has 2 amide bonds. The number of thioether (sulfide) groups is 1. The molecule has 1 N–H and O–H groups in total. The summed E-state index contributed by atoms with van der Waals surface area (Å²) in [7, 11) is 0. The van der Waals surface area contributed by atoms with Crippen LogP contribution < -0.4 is 10.1 Å². The van der Waals surface area contributed by atoms with Crippen LogP contribution in [0.5, 0.6) is 5.75 Å². The lowest BCUT2D eigenvalue weighted by molar-refractivity contribution is -0.128. The summed E-state index contributed by atoms with van der Waals surface area (Å²) in [5, 5.41) is 2.94. The van der Waals surface area contributed by atoms with E-state index in [2.05, 4.69) is 5.32 Å². The van der Waals surface area contributed by atoms with Crippen molar-refractivity contribution in [1.29, 1.82) is 0 Å². The Bertz CT molecular complexity index is 1170. The number of amides is 2. The number of hydrogen-bond donors (Lipinski definition) is 1. The Morgan fingerprint density at radius 1 is 1.12 bits per heavy atom. The van der Waals surface area contributed by atoms with E-state index in [4.69, 9.17) is 14.1 Å². The number of aliphatic imine (C=N–C) groups is 1. The summed E-state index contributed by atoms with van der Waals surface area (Å²) >= 11 is 1.30. The van der Waals surface area contributed by atoms with Crippen LogP contribution in [0.2, 0.25) is 0 Å². The molecule has 1 aromatic heterocycles. The zero-order chi connectivity index (χ0) is 24.1. The van der Waals surface area contributed by atoms with Crippen molar-refractivity contribution in [3.8, 4) is 5.75 Å². The number of benzene rings is 2. The minimum Gasteiger partial charge on any atom is -0.494 e. The Kier molecular flexibility index (Phi) is 7.37. The van der Waals surface area contributed by atoms with Crippen LogP contribution in [-0.2, 0) is 16.1 Å². The summed E-state index contributed by atoms with van der Waals surface area (Å²) in [5.41, 5.74) is 3.45. The molecular formula is C26H27N3O4S. The largest absolute Gasteiger partial charge is 0.494 e. The molecule has 4 rings (SSSR count). The van der Waals surface area contributed by atoms with E-state index < -0.39 is 5.25 Å². The Balaban J connectivity index is 1.53. The second-order valence-corrected chi connectivity index (χ2v) is 9.12. The van der Waals surface area contributed by atoms with Crippen molar-refractivity contribution in [1.82, 2.24) is 4.90 Å². The van der Waals surface area contributed by atoms with E-state index in [-0.39, 0.29) is 24.8 Å². The summed E-state index contributed by atoms with van der Waals surface area (Å²) < 4.78 is 10.9. The lowest BCUT2D eigenvalue weighted by Crippen LogP contribution is -2.33. The zero-order valence-corrected chi connectivity index (χ0v) is 20.2. The van der Waals surface area contributed by atoms with Crippen LogP contribution in [0.3, 0.4) is 0 Å². The number of amidine groups is 1. The third-order valence-electron chi connectivity index (χ3n) is 5.40. The molecule has 3 aromatic rings. The number of carbonyl (C=O) groups is 2. The fourth-order valence-corrected chi connectivity index (χ4v) is 4.85. The van der Waals surface area contributed by atoms with Gasteiger partial charge in [0.15, 0.2) is 5.17 Å². The lowest BCUT2D eigenvalue weighted by atomic mass is 10.1. The van der Waals surface area contributed by atoms with Gasteiger partial charge < -0.3 is 14.5 Å². The van der Waals surface area contributed by atoms with Crippen molar-refractivity contribution in [2.75, 3.05) is 11.9 Å². The molecule has 1 aliphatic heterocycles. The summed E-state index contributed by atoms with van der Waals surface area (Å²) in [6, 6.07) is 16.8. The third-order valence-corrected chi connectivity index (χ3v) is 6.58. The average molecular weight is 478 g/mol. The smallest absolute Gasteiger partial charge is 0.243 e. The summed E-state index contributed by atoms with van der Waals surface area (Å²) in [6.45, 7) is 6.66. The molecule has 0 saturated carbocycles. The monoisotopic (exact) mass is 477 g/mol. The van der Waals surface area contributed by atoms with Crippen molar-refractivity contribution in [3.05, 3.63) is 77.7 Å². The Morgan fingerprint density at radius 2 is 1.85 bits per heavy atom. The molecule has 2 aromatic carbocycles. The molecule has 0 aliphatic carbocycles. The molecule has 0 radical (unpaired) electrons. The summed E-state index contributed by atoms with van der Waals surface area (Å²) in [4.78, 5) is 32.4. The molecule has 1 atom stereocenters. The summed E-state index contributed by atoms with van der Waals surface area (Å²) in [5.74, 6) is 1.04. The number of ether oxygens (including phenoxy) is 1. The third kappa shape index (κ3) is 5.51. The number of carbonyl (C=O) groups excluding carboxylic acids is 2. The fourth-order valence-electron chi connectivity index (χ4n) is 3.69. The van der Waals surface area contributed by atoms with Gasteiger partial charge in [0.25, 0.3) is 0 Å². The van der Waals surface area contributed by atoms with Gasteiger partial charge in [-0.15, -0.1) is 0 Å². The van der Waals surface area contributed by atoms with Crippen LogP contribution in [0.15, 0.2) is 70.3 Å². The molecular weight excluding hydrogens is 450 g/mol. The van der Waals surface area contributed by atoms with Gasteiger partial charge in [0.05, 0.1) is 25.1 Å². The number of para-hydroxylation sites is 1. The van der Waals surface area contributed by atoms with E-state index in [1.54, 1.807) is 17.2 Å². The molecule has 7 nitrogen and oxygen atoms in total. The van der Waals surface area contributed by atoms with Gasteiger partial charge in [-0.3, -0.25) is 14.5 Å². The van der Waals surface area contributed by atoms with Crippen LogP contribution in [-0.4, -0.2) is 33.7 Å².